The van der Waals surface area contributed by atoms with Crippen molar-refractivity contribution in [2.24, 2.45) is 5.41 Å². The van der Waals surface area contributed by atoms with Gasteiger partial charge in [0.05, 0.1) is 93.9 Å². The number of carbonyl (C=O) groups is 4. The molecule has 5 heterocycles. The molecule has 19 nitrogen and oxygen atoms in total. The van der Waals surface area contributed by atoms with Crippen molar-refractivity contribution in [1.82, 2.24) is 40.7 Å². The van der Waals surface area contributed by atoms with Gasteiger partial charge in [0, 0.05) is 68.8 Å². The van der Waals surface area contributed by atoms with Crippen molar-refractivity contribution in [2.75, 3.05) is 110 Å². The van der Waals surface area contributed by atoms with Gasteiger partial charge in [0.25, 0.3) is 5.91 Å². The van der Waals surface area contributed by atoms with E-state index in [1.807, 2.05) is 70.5 Å². The van der Waals surface area contributed by atoms with Crippen LogP contribution in [0, 0.1) is 12.3 Å². The molecule has 2 saturated heterocycles. The number of thiazole rings is 2. The Morgan fingerprint density at radius 1 is 0.846 bits per heavy atom. The van der Waals surface area contributed by atoms with Crippen LogP contribution in [0.25, 0.3) is 21.3 Å². The van der Waals surface area contributed by atoms with Gasteiger partial charge in [-0.15, -0.1) is 11.3 Å². The molecular formula is C57H81N9O10S2. The van der Waals surface area contributed by atoms with Gasteiger partial charge in [-0.05, 0) is 54.9 Å². The van der Waals surface area contributed by atoms with Crippen LogP contribution in [0.5, 0.6) is 0 Å². The number of fused-ring (bicyclic) bond motifs is 1. The maximum Gasteiger partial charge on any atom is 0.263 e. The summed E-state index contributed by atoms with van der Waals surface area (Å²) in [4.78, 5) is 74.2. The zero-order valence-electron chi connectivity index (χ0n) is 46.3. The molecule has 426 valence electrons. The number of H-pyrrole nitrogens is 1. The van der Waals surface area contributed by atoms with Crippen LogP contribution < -0.4 is 20.9 Å². The molecule has 0 radical (unpaired) electrons. The van der Waals surface area contributed by atoms with Crippen molar-refractivity contribution in [3.05, 3.63) is 88.1 Å². The minimum absolute atomic E-state index is 0.0191. The average Bonchev–Trinajstić information content (AvgIpc) is 4.27. The molecule has 3 aromatic heterocycles. The van der Waals surface area contributed by atoms with E-state index in [-0.39, 0.29) is 56.7 Å². The summed E-state index contributed by atoms with van der Waals surface area (Å²) < 4.78 is 28.3. The number of β-amino-alcohol motifs (C(OH)–C–C–N with tert-alkyl or cyclic N) is 1. The number of aromatic amines is 1. The van der Waals surface area contributed by atoms with Crippen LogP contribution in [-0.2, 0) is 44.5 Å². The Balaban J connectivity index is 0.681. The van der Waals surface area contributed by atoms with Crippen LogP contribution in [0.1, 0.15) is 92.8 Å². The van der Waals surface area contributed by atoms with Crippen molar-refractivity contribution in [2.45, 2.75) is 104 Å². The number of aliphatic hydroxyl groups is 1. The second kappa shape index (κ2) is 30.3. The smallest absolute Gasteiger partial charge is 0.263 e. The molecule has 0 spiro atoms. The minimum Gasteiger partial charge on any atom is -0.391 e. The Bertz CT molecular complexity index is 2650. The second-order valence-electron chi connectivity index (χ2n) is 21.1. The molecule has 78 heavy (non-hydrogen) atoms. The summed E-state index contributed by atoms with van der Waals surface area (Å²) in [6, 6.07) is 14.1. The lowest BCUT2D eigenvalue weighted by Gasteiger charge is -2.35. The van der Waals surface area contributed by atoms with Gasteiger partial charge in [-0.25, -0.2) is 9.97 Å². The van der Waals surface area contributed by atoms with Gasteiger partial charge in [-0.2, -0.15) is 0 Å². The van der Waals surface area contributed by atoms with Gasteiger partial charge in [-0.3, -0.25) is 24.1 Å². The molecule has 5 N–H and O–H groups in total. The van der Waals surface area contributed by atoms with Crippen molar-refractivity contribution in [1.29, 1.82) is 0 Å². The van der Waals surface area contributed by atoms with Crippen molar-refractivity contribution >= 4 is 62.3 Å². The number of aromatic nitrogens is 3. The van der Waals surface area contributed by atoms with Gasteiger partial charge in [0.1, 0.15) is 23.6 Å². The molecule has 7 rings (SSSR count). The lowest BCUT2D eigenvalue weighted by atomic mass is 9.85. The molecular weight excluding hydrogens is 1030 g/mol. The third kappa shape index (κ3) is 17.8. The van der Waals surface area contributed by atoms with E-state index in [1.54, 1.807) is 17.5 Å². The molecule has 5 aromatic rings. The highest BCUT2D eigenvalue weighted by Crippen LogP contribution is 2.30. The molecule has 2 fully saturated rings. The first-order chi connectivity index (χ1) is 37.7. The zero-order chi connectivity index (χ0) is 55.4. The van der Waals surface area contributed by atoms with Crippen LogP contribution in [-0.4, -0.2) is 183 Å². The highest BCUT2D eigenvalue weighted by atomic mass is 32.1. The molecule has 5 atom stereocenters. The lowest BCUT2D eigenvalue weighted by Crippen LogP contribution is -2.58. The van der Waals surface area contributed by atoms with Gasteiger partial charge in [0.15, 0.2) is 5.13 Å². The first-order valence-electron chi connectivity index (χ1n) is 27.4. The van der Waals surface area contributed by atoms with Crippen molar-refractivity contribution in [3.8, 4) is 10.4 Å². The van der Waals surface area contributed by atoms with Crippen molar-refractivity contribution in [3.63, 3.8) is 0 Å². The SMILES string of the molecule is CCCCC(Cc1c[nH]c2ccccc12)NC(=O)c1cnc(N2CCN(CCOCCOCCOCCOCCOCC(=O)N[C@H](C(=O)N3C[C@H](O)C[C@H]3C(=O)N[C@@H](C)c3ccc(-c4scnc4C)cc3)C(C)(C)C)CC2)s1. The van der Waals surface area contributed by atoms with E-state index in [4.69, 9.17) is 23.7 Å². The third-order valence-corrected chi connectivity index (χ3v) is 16.1. The second-order valence-corrected chi connectivity index (χ2v) is 23.0. The van der Waals surface area contributed by atoms with E-state index in [9.17, 15) is 24.3 Å². The van der Waals surface area contributed by atoms with Gasteiger partial charge < -0.3 is 59.5 Å². The normalized spacial score (nSPS) is 17.3. The number of ether oxygens (including phenoxy) is 5. The summed E-state index contributed by atoms with van der Waals surface area (Å²) in [5.41, 5.74) is 6.36. The highest BCUT2D eigenvalue weighted by molar-refractivity contribution is 7.17. The molecule has 2 aliphatic heterocycles. The molecule has 0 bridgehead atoms. The molecule has 4 amide bonds. The number of benzene rings is 2. The monoisotopic (exact) mass is 1120 g/mol. The fourth-order valence-electron chi connectivity index (χ4n) is 9.63. The first kappa shape index (κ1) is 60.3. The van der Waals surface area contributed by atoms with Gasteiger partial charge in [0.2, 0.25) is 17.7 Å². The molecule has 0 aliphatic carbocycles. The summed E-state index contributed by atoms with van der Waals surface area (Å²) in [5, 5.41) is 21.9. The van der Waals surface area contributed by atoms with Gasteiger partial charge in [-0.1, -0.05) is 94.3 Å². The Hall–Kier alpha value is -5.36. The Morgan fingerprint density at radius 2 is 1.51 bits per heavy atom. The predicted molar refractivity (Wildman–Crippen MR) is 304 cm³/mol. The number of nitrogens with one attached hydrogen (secondary N) is 4. The number of aliphatic hydroxyl groups excluding tert-OH is 1. The quantitative estimate of drug-likeness (QED) is 0.0314. The van der Waals surface area contributed by atoms with E-state index < -0.39 is 35.4 Å². The minimum atomic E-state index is -0.968. The number of carbonyl (C=O) groups excluding carboxylic acids is 4. The van der Waals surface area contributed by atoms with Crippen LogP contribution in [0.3, 0.4) is 0 Å². The first-order valence-corrected chi connectivity index (χ1v) is 29.1. The standard InChI is InChI=1S/C57H81N9O10S2/c1-7-8-11-44(32-43-34-58-47-13-10-9-12-46(43)47)62-54(70)49-35-59-56(78-49)65-20-18-64(19-21-65)22-23-72-24-25-73-26-27-74-28-29-75-30-31-76-37-50(68)63-52(57(4,5)6)55(71)66-36-45(67)33-48(66)53(69)61-39(2)41-14-16-42(17-15-41)51-40(3)60-38-77-51/h9-10,12-17,34-35,38-39,44-45,48,52,58,67H,7-8,11,18-33,36-37H2,1-6H3,(H,61,69)(H,62,70)(H,63,68)/t39-,44?,45+,48-,52+/m0/s1. The van der Waals surface area contributed by atoms with E-state index in [2.05, 4.69) is 72.0 Å². The number of hydrogen-bond acceptors (Lipinski definition) is 16. The van der Waals surface area contributed by atoms with E-state index >= 15 is 0 Å². The predicted octanol–water partition coefficient (Wildman–Crippen LogP) is 6.16. The molecule has 21 heteroatoms. The van der Waals surface area contributed by atoms with E-state index in [0.29, 0.717) is 51.1 Å². The van der Waals surface area contributed by atoms with Crippen LogP contribution in [0.15, 0.2) is 66.4 Å². The summed E-state index contributed by atoms with van der Waals surface area (Å²) in [6.07, 6.45) is 6.82. The zero-order valence-corrected chi connectivity index (χ0v) is 47.9. The highest BCUT2D eigenvalue weighted by Gasteiger charge is 2.45. The number of amides is 4. The maximum atomic E-state index is 14.0. The number of aryl methyl sites for hydroxylation is 1. The summed E-state index contributed by atoms with van der Waals surface area (Å²) in [5.74, 6) is -1.35. The number of rotatable bonds is 31. The van der Waals surface area contributed by atoms with Gasteiger partial charge >= 0.3 is 0 Å². The number of piperazine rings is 1. The molecule has 2 aliphatic rings. The molecule has 1 unspecified atom stereocenters. The average molecular weight is 1120 g/mol. The number of para-hydroxylation sites is 1. The topological polar surface area (TPSA) is 222 Å². The summed E-state index contributed by atoms with van der Waals surface area (Å²) >= 11 is 3.03. The van der Waals surface area contributed by atoms with Crippen LogP contribution in [0.4, 0.5) is 5.13 Å². The Morgan fingerprint density at radius 3 is 2.17 bits per heavy atom. The fourth-order valence-corrected chi connectivity index (χ4v) is 11.3. The van der Waals surface area contributed by atoms with E-state index in [1.165, 1.54) is 27.2 Å². The third-order valence-electron chi connectivity index (χ3n) is 14.1. The molecule has 2 aromatic carbocycles. The number of anilines is 1. The Labute approximate surface area is 467 Å². The van der Waals surface area contributed by atoms with Crippen molar-refractivity contribution < 1.29 is 48.0 Å². The summed E-state index contributed by atoms with van der Waals surface area (Å²) in [6.45, 7) is 19.1. The van der Waals surface area contributed by atoms with Crippen LogP contribution in [0.2, 0.25) is 0 Å². The molecule has 0 saturated carbocycles. The number of unbranched alkanes of at least 4 members (excludes halogenated alkanes) is 1. The fraction of sp³-hybridized carbons (Fsp3) is 0.579. The largest absolute Gasteiger partial charge is 0.391 e. The summed E-state index contributed by atoms with van der Waals surface area (Å²) in [7, 11) is 0. The number of hydrogen-bond donors (Lipinski definition) is 5. The number of likely N-dealkylation sites (tertiary alicyclic amines) is 1. The maximum absolute atomic E-state index is 14.0. The number of nitrogens with zero attached hydrogens (tertiary/aromatic N) is 5. The van der Waals surface area contributed by atoms with Crippen LogP contribution >= 0.6 is 22.7 Å². The van der Waals surface area contributed by atoms with E-state index in [0.717, 1.165) is 90.8 Å². The lowest BCUT2D eigenvalue weighted by molar-refractivity contribution is -0.144. The Kier molecular flexibility index (Phi) is 23.4.